The lowest BCUT2D eigenvalue weighted by Crippen LogP contribution is -2.49. The molecule has 0 aromatic carbocycles. The molecule has 1 aromatic heterocycles. The summed E-state index contributed by atoms with van der Waals surface area (Å²) in [7, 11) is 1.87. The Kier molecular flexibility index (Phi) is 5.59. The van der Waals surface area contributed by atoms with Gasteiger partial charge in [0.2, 0.25) is 0 Å². The minimum Gasteiger partial charge on any atom is -0.334 e. The summed E-state index contributed by atoms with van der Waals surface area (Å²) in [5.74, 6) is 0.735. The van der Waals surface area contributed by atoms with Crippen LogP contribution < -0.4 is 5.73 Å². The number of carbonyl (C=O) groups excluding carboxylic acids is 1. The van der Waals surface area contributed by atoms with Gasteiger partial charge >= 0.3 is 0 Å². The summed E-state index contributed by atoms with van der Waals surface area (Å²) in [4.78, 5) is 14.7. The molecule has 1 aliphatic rings. The zero-order valence-corrected chi connectivity index (χ0v) is 13.5. The first-order valence-electron chi connectivity index (χ1n) is 6.97. The third-order valence-corrected chi connectivity index (χ3v) is 4.23. The average molecular weight is 301 g/mol. The highest BCUT2D eigenvalue weighted by Gasteiger charge is 2.31. The van der Waals surface area contributed by atoms with Gasteiger partial charge in [0.05, 0.1) is 11.3 Å². The Morgan fingerprint density at radius 2 is 2.10 bits per heavy atom. The van der Waals surface area contributed by atoms with E-state index in [1.165, 1.54) is 0 Å². The van der Waals surface area contributed by atoms with Crippen LogP contribution in [0, 0.1) is 19.8 Å². The van der Waals surface area contributed by atoms with Crippen molar-refractivity contribution in [1.82, 2.24) is 14.7 Å². The van der Waals surface area contributed by atoms with E-state index in [1.54, 1.807) is 4.68 Å². The third-order valence-electron chi connectivity index (χ3n) is 4.23. The van der Waals surface area contributed by atoms with Crippen molar-refractivity contribution in [3.8, 4) is 0 Å². The minimum absolute atomic E-state index is 0. The van der Waals surface area contributed by atoms with Gasteiger partial charge in [-0.05, 0) is 32.6 Å². The second-order valence-corrected chi connectivity index (χ2v) is 5.69. The van der Waals surface area contributed by atoms with Gasteiger partial charge in [0.1, 0.15) is 0 Å². The molecule has 2 N–H and O–H groups in total. The van der Waals surface area contributed by atoms with Crippen LogP contribution in [0.25, 0.3) is 0 Å². The molecule has 6 heteroatoms. The first-order valence-corrected chi connectivity index (χ1v) is 6.97. The maximum atomic E-state index is 12.7. The first-order chi connectivity index (χ1) is 8.95. The molecule has 1 amide bonds. The van der Waals surface area contributed by atoms with Crippen LogP contribution in [0.15, 0.2) is 0 Å². The van der Waals surface area contributed by atoms with Crippen LogP contribution >= 0.6 is 12.4 Å². The third kappa shape index (κ3) is 2.99. The van der Waals surface area contributed by atoms with Crippen molar-refractivity contribution in [2.75, 3.05) is 13.1 Å². The number of halogens is 1. The molecule has 0 radical (unpaired) electrons. The van der Waals surface area contributed by atoms with Crippen LogP contribution in [-0.2, 0) is 7.05 Å². The summed E-state index contributed by atoms with van der Waals surface area (Å²) in [6.45, 7) is 7.40. The summed E-state index contributed by atoms with van der Waals surface area (Å²) in [6.07, 6.45) is 2.06. The van der Waals surface area contributed by atoms with E-state index in [0.717, 1.165) is 36.3 Å². The van der Waals surface area contributed by atoms with Crippen LogP contribution in [0.1, 0.15) is 41.5 Å². The normalized spacial score (nSPS) is 22.6. The fourth-order valence-electron chi connectivity index (χ4n) is 2.97. The number of hydrogen-bond acceptors (Lipinski definition) is 3. The number of nitrogens with two attached hydrogens (primary N) is 1. The molecule has 0 saturated carbocycles. The van der Waals surface area contributed by atoms with Crippen LogP contribution in [0.2, 0.25) is 0 Å². The van der Waals surface area contributed by atoms with Crippen molar-refractivity contribution in [2.45, 2.75) is 39.7 Å². The van der Waals surface area contributed by atoms with Gasteiger partial charge in [-0.1, -0.05) is 6.92 Å². The van der Waals surface area contributed by atoms with Gasteiger partial charge < -0.3 is 10.6 Å². The monoisotopic (exact) mass is 300 g/mol. The van der Waals surface area contributed by atoms with E-state index in [9.17, 15) is 4.79 Å². The second kappa shape index (κ2) is 6.59. The number of rotatable bonds is 2. The van der Waals surface area contributed by atoms with Crippen molar-refractivity contribution in [2.24, 2.45) is 18.7 Å². The summed E-state index contributed by atoms with van der Waals surface area (Å²) in [5, 5.41) is 4.33. The predicted molar refractivity (Wildman–Crippen MR) is 82.2 cm³/mol. The maximum Gasteiger partial charge on any atom is 0.257 e. The number of piperidine rings is 1. The highest BCUT2D eigenvalue weighted by atomic mass is 35.5. The minimum atomic E-state index is 0. The molecule has 2 unspecified atom stereocenters. The summed E-state index contributed by atoms with van der Waals surface area (Å²) in [6, 6.07) is 0.162. The quantitative estimate of drug-likeness (QED) is 0.903. The van der Waals surface area contributed by atoms with Crippen molar-refractivity contribution < 1.29 is 4.79 Å². The van der Waals surface area contributed by atoms with E-state index in [2.05, 4.69) is 12.0 Å². The fraction of sp³-hybridized carbons (Fsp3) is 0.714. The van der Waals surface area contributed by atoms with E-state index in [4.69, 9.17) is 5.73 Å². The van der Waals surface area contributed by atoms with Crippen LogP contribution in [0.3, 0.4) is 0 Å². The van der Waals surface area contributed by atoms with Gasteiger partial charge in [-0.25, -0.2) is 0 Å². The Bertz CT molecular complexity index is 486. The molecule has 2 rings (SSSR count). The lowest BCUT2D eigenvalue weighted by molar-refractivity contribution is 0.0572. The molecule has 2 atom stereocenters. The van der Waals surface area contributed by atoms with Gasteiger partial charge in [-0.2, -0.15) is 5.10 Å². The highest BCUT2D eigenvalue weighted by molar-refractivity contribution is 5.96. The van der Waals surface area contributed by atoms with Crippen LogP contribution in [0.5, 0.6) is 0 Å². The molecular weight excluding hydrogens is 276 g/mol. The fourth-order valence-corrected chi connectivity index (χ4v) is 2.97. The van der Waals surface area contributed by atoms with Crippen LogP contribution in [-0.4, -0.2) is 39.7 Å². The molecule has 1 aromatic rings. The molecule has 0 spiro atoms. The van der Waals surface area contributed by atoms with Gasteiger partial charge in [-0.3, -0.25) is 9.48 Å². The van der Waals surface area contributed by atoms with Gasteiger partial charge in [0.25, 0.3) is 5.91 Å². The largest absolute Gasteiger partial charge is 0.334 e. The van der Waals surface area contributed by atoms with Crippen molar-refractivity contribution in [1.29, 1.82) is 0 Å². The lowest BCUT2D eigenvalue weighted by Gasteiger charge is -2.38. The van der Waals surface area contributed by atoms with E-state index in [1.807, 2.05) is 25.8 Å². The number of aromatic nitrogens is 2. The Morgan fingerprint density at radius 1 is 1.45 bits per heavy atom. The first kappa shape index (κ1) is 17.0. The number of carbonyl (C=O) groups is 1. The Hall–Kier alpha value is -1.07. The summed E-state index contributed by atoms with van der Waals surface area (Å²) in [5.41, 5.74) is 8.32. The molecule has 114 valence electrons. The second-order valence-electron chi connectivity index (χ2n) is 5.69. The molecule has 5 nitrogen and oxygen atoms in total. The van der Waals surface area contributed by atoms with Crippen LogP contribution in [0.4, 0.5) is 0 Å². The molecular formula is C14H25ClN4O. The van der Waals surface area contributed by atoms with Crippen molar-refractivity contribution >= 4 is 18.3 Å². The van der Waals surface area contributed by atoms with Gasteiger partial charge in [0.15, 0.2) is 0 Å². The standard InChI is InChI=1S/C14H24N4O.ClH/c1-9-5-6-18(12(7-9)8-15)14(19)13-10(2)16-17(4)11(13)3;/h9,12H,5-8,15H2,1-4H3;1H. The maximum absolute atomic E-state index is 12.7. The van der Waals surface area contributed by atoms with Crippen molar-refractivity contribution in [3.63, 3.8) is 0 Å². The zero-order valence-electron chi connectivity index (χ0n) is 12.7. The van der Waals surface area contributed by atoms with E-state index < -0.39 is 0 Å². The number of likely N-dealkylation sites (tertiary alicyclic amines) is 1. The predicted octanol–water partition coefficient (Wildman–Crippen LogP) is 1.66. The number of nitrogens with zero attached hydrogens (tertiary/aromatic N) is 3. The SMILES string of the molecule is Cc1nn(C)c(C)c1C(=O)N1CCC(C)CC1CN.Cl. The Labute approximate surface area is 126 Å². The topological polar surface area (TPSA) is 64.2 Å². The molecule has 20 heavy (non-hydrogen) atoms. The lowest BCUT2D eigenvalue weighted by atomic mass is 9.91. The number of aryl methyl sites for hydroxylation is 2. The molecule has 1 fully saturated rings. The van der Waals surface area contributed by atoms with Crippen molar-refractivity contribution in [3.05, 3.63) is 17.0 Å². The molecule has 1 saturated heterocycles. The van der Waals surface area contributed by atoms with E-state index in [0.29, 0.717) is 12.5 Å². The smallest absolute Gasteiger partial charge is 0.257 e. The average Bonchev–Trinajstić information content (AvgIpc) is 2.62. The molecule has 0 aliphatic carbocycles. The summed E-state index contributed by atoms with van der Waals surface area (Å²) < 4.78 is 1.77. The zero-order chi connectivity index (χ0) is 14.2. The van der Waals surface area contributed by atoms with Gasteiger partial charge in [-0.15, -0.1) is 12.4 Å². The van der Waals surface area contributed by atoms with Gasteiger partial charge in [0, 0.05) is 31.9 Å². The molecule has 0 bridgehead atoms. The Balaban J connectivity index is 0.00000200. The molecule has 2 heterocycles. The summed E-state index contributed by atoms with van der Waals surface area (Å²) >= 11 is 0. The number of amides is 1. The Morgan fingerprint density at radius 3 is 2.60 bits per heavy atom. The molecule has 1 aliphatic heterocycles. The van der Waals surface area contributed by atoms with E-state index >= 15 is 0 Å². The number of hydrogen-bond donors (Lipinski definition) is 1. The highest BCUT2D eigenvalue weighted by Crippen LogP contribution is 2.25. The van der Waals surface area contributed by atoms with E-state index in [-0.39, 0.29) is 24.4 Å².